The number of benzene rings is 2. The van der Waals surface area contributed by atoms with E-state index in [1.165, 1.54) is 6.20 Å². The molecule has 4 N–H and O–H groups in total. The fourth-order valence-corrected chi connectivity index (χ4v) is 1.89. The molecule has 0 aliphatic carbocycles. The number of nitriles is 1. The first kappa shape index (κ1) is 16.4. The minimum atomic E-state index is -0.453. The lowest BCUT2D eigenvalue weighted by Gasteiger charge is -2.06. The average molecular weight is 327 g/mol. The minimum absolute atomic E-state index is 0.0178. The van der Waals surface area contributed by atoms with Gasteiger partial charge in [-0.05, 0) is 42.0 Å². The lowest BCUT2D eigenvalue weighted by Crippen LogP contribution is -2.24. The summed E-state index contributed by atoms with van der Waals surface area (Å²) in [6.07, 6.45) is 1.36. The van der Waals surface area contributed by atoms with Crippen LogP contribution in [0.5, 0.6) is 0 Å². The Morgan fingerprint density at radius 1 is 1.17 bits per heavy atom. The van der Waals surface area contributed by atoms with Crippen molar-refractivity contribution in [2.24, 2.45) is 0 Å². The van der Waals surface area contributed by atoms with Crippen molar-refractivity contribution in [3.8, 4) is 6.07 Å². The summed E-state index contributed by atoms with van der Waals surface area (Å²) in [5, 5.41) is 15.3. The summed E-state index contributed by atoms with van der Waals surface area (Å²) >= 11 is 5.80. The van der Waals surface area contributed by atoms with Crippen molar-refractivity contribution in [1.29, 1.82) is 5.26 Å². The first-order valence-electron chi connectivity index (χ1n) is 6.83. The van der Waals surface area contributed by atoms with E-state index in [0.29, 0.717) is 17.3 Å². The predicted molar refractivity (Wildman–Crippen MR) is 91.5 cm³/mol. The molecule has 0 fully saturated rings. The van der Waals surface area contributed by atoms with E-state index in [1.54, 1.807) is 36.4 Å². The smallest absolute Gasteiger partial charge is 0.263 e. The second kappa shape index (κ2) is 7.87. The van der Waals surface area contributed by atoms with E-state index in [4.69, 9.17) is 22.6 Å². The Hall–Kier alpha value is -2.97. The van der Waals surface area contributed by atoms with E-state index in [1.807, 2.05) is 18.2 Å². The van der Waals surface area contributed by atoms with Crippen molar-refractivity contribution in [2.45, 2.75) is 6.54 Å². The summed E-state index contributed by atoms with van der Waals surface area (Å²) < 4.78 is 0. The second-order valence-electron chi connectivity index (χ2n) is 4.75. The van der Waals surface area contributed by atoms with Crippen LogP contribution in [-0.4, -0.2) is 5.91 Å². The molecule has 0 radical (unpaired) electrons. The molecule has 2 aromatic carbocycles. The quantitative estimate of drug-likeness (QED) is 0.447. The largest absolute Gasteiger partial charge is 0.399 e. The molecule has 0 bridgehead atoms. The lowest BCUT2D eigenvalue weighted by molar-refractivity contribution is -0.117. The molecule has 0 atom stereocenters. The number of anilines is 2. The van der Waals surface area contributed by atoms with Crippen LogP contribution in [0.25, 0.3) is 0 Å². The molecule has 0 aromatic heterocycles. The van der Waals surface area contributed by atoms with Crippen LogP contribution in [0.3, 0.4) is 0 Å². The molecule has 116 valence electrons. The van der Waals surface area contributed by atoms with Crippen molar-refractivity contribution in [2.75, 3.05) is 11.1 Å². The molecule has 0 heterocycles. The molecule has 0 saturated carbocycles. The van der Waals surface area contributed by atoms with E-state index in [0.717, 1.165) is 11.3 Å². The van der Waals surface area contributed by atoms with Crippen LogP contribution in [0.4, 0.5) is 11.4 Å². The normalized spacial score (nSPS) is 10.7. The van der Waals surface area contributed by atoms with Crippen LogP contribution in [0.1, 0.15) is 5.56 Å². The zero-order chi connectivity index (χ0) is 16.7. The maximum Gasteiger partial charge on any atom is 0.263 e. The minimum Gasteiger partial charge on any atom is -0.399 e. The number of hydrogen-bond donors (Lipinski definition) is 3. The molecular weight excluding hydrogens is 312 g/mol. The highest BCUT2D eigenvalue weighted by atomic mass is 35.5. The lowest BCUT2D eigenvalue weighted by atomic mass is 10.2. The first-order valence-corrected chi connectivity index (χ1v) is 7.21. The summed E-state index contributed by atoms with van der Waals surface area (Å²) in [6, 6.07) is 15.9. The third-order valence-electron chi connectivity index (χ3n) is 3.03. The second-order valence-corrected chi connectivity index (χ2v) is 5.18. The van der Waals surface area contributed by atoms with Crippen LogP contribution >= 0.6 is 11.6 Å². The van der Waals surface area contributed by atoms with Gasteiger partial charge < -0.3 is 16.4 Å². The highest BCUT2D eigenvalue weighted by molar-refractivity contribution is 6.30. The van der Waals surface area contributed by atoms with Crippen molar-refractivity contribution in [3.63, 3.8) is 0 Å². The van der Waals surface area contributed by atoms with Gasteiger partial charge >= 0.3 is 0 Å². The van der Waals surface area contributed by atoms with Gasteiger partial charge in [-0.2, -0.15) is 5.26 Å². The van der Waals surface area contributed by atoms with E-state index >= 15 is 0 Å². The highest BCUT2D eigenvalue weighted by Crippen LogP contribution is 2.11. The van der Waals surface area contributed by atoms with Gasteiger partial charge in [0.05, 0.1) is 0 Å². The van der Waals surface area contributed by atoms with Gasteiger partial charge in [0, 0.05) is 29.1 Å². The SMILES string of the molecule is N#C/C(=C/Nc1ccc(N)cc1)C(=O)NCc1ccc(Cl)cc1. The Kier molecular flexibility index (Phi) is 5.61. The molecule has 5 nitrogen and oxygen atoms in total. The van der Waals surface area contributed by atoms with Gasteiger partial charge in [-0.15, -0.1) is 0 Å². The summed E-state index contributed by atoms with van der Waals surface area (Å²) in [5.41, 5.74) is 7.84. The Morgan fingerprint density at radius 3 is 2.43 bits per heavy atom. The van der Waals surface area contributed by atoms with Crippen molar-refractivity contribution >= 4 is 28.9 Å². The number of nitrogens with two attached hydrogens (primary N) is 1. The molecule has 2 aromatic rings. The van der Waals surface area contributed by atoms with Crippen LogP contribution < -0.4 is 16.4 Å². The molecule has 1 amide bonds. The van der Waals surface area contributed by atoms with Crippen LogP contribution in [0.2, 0.25) is 5.02 Å². The van der Waals surface area contributed by atoms with Gasteiger partial charge in [-0.3, -0.25) is 4.79 Å². The van der Waals surface area contributed by atoms with E-state index in [-0.39, 0.29) is 5.57 Å². The molecule has 0 saturated heterocycles. The van der Waals surface area contributed by atoms with Crippen molar-refractivity contribution in [3.05, 3.63) is 70.9 Å². The molecular formula is C17H15ClN4O. The molecule has 2 rings (SSSR count). The number of carbonyl (C=O) groups excluding carboxylic acids is 1. The summed E-state index contributed by atoms with van der Waals surface area (Å²) in [4.78, 5) is 12.0. The third-order valence-corrected chi connectivity index (χ3v) is 3.28. The van der Waals surface area contributed by atoms with Gasteiger partial charge in [-0.25, -0.2) is 0 Å². The number of nitrogens with one attached hydrogen (secondary N) is 2. The number of halogens is 1. The van der Waals surface area contributed by atoms with Gasteiger partial charge in [0.15, 0.2) is 0 Å². The van der Waals surface area contributed by atoms with Crippen LogP contribution in [-0.2, 0) is 11.3 Å². The maximum atomic E-state index is 12.0. The first-order chi connectivity index (χ1) is 11.1. The summed E-state index contributed by atoms with van der Waals surface area (Å²) in [7, 11) is 0. The number of rotatable bonds is 5. The molecule has 0 aliphatic heterocycles. The Bertz CT molecular complexity index is 746. The Balaban J connectivity index is 1.95. The standard InChI is InChI=1S/C17H15ClN4O/c18-14-3-1-12(2-4-14)10-22-17(23)13(9-19)11-21-16-7-5-15(20)6-8-16/h1-8,11,21H,10,20H2,(H,22,23)/b13-11-. The zero-order valence-electron chi connectivity index (χ0n) is 12.2. The van der Waals surface area contributed by atoms with Crippen molar-refractivity contribution in [1.82, 2.24) is 5.32 Å². The average Bonchev–Trinajstić information content (AvgIpc) is 2.56. The molecule has 6 heteroatoms. The number of nitrogens with zero attached hydrogens (tertiary/aromatic N) is 1. The van der Waals surface area contributed by atoms with Crippen LogP contribution in [0.15, 0.2) is 60.3 Å². The van der Waals surface area contributed by atoms with Crippen LogP contribution in [0, 0.1) is 11.3 Å². The van der Waals surface area contributed by atoms with Crippen molar-refractivity contribution < 1.29 is 4.79 Å². The molecule has 0 aliphatic rings. The summed E-state index contributed by atoms with van der Waals surface area (Å²) in [5.74, 6) is -0.453. The molecule has 0 unspecified atom stereocenters. The topological polar surface area (TPSA) is 90.9 Å². The molecule has 23 heavy (non-hydrogen) atoms. The van der Waals surface area contributed by atoms with Gasteiger partial charge in [0.1, 0.15) is 11.6 Å². The van der Waals surface area contributed by atoms with Gasteiger partial charge in [0.2, 0.25) is 0 Å². The van der Waals surface area contributed by atoms with E-state index in [2.05, 4.69) is 10.6 Å². The highest BCUT2D eigenvalue weighted by Gasteiger charge is 2.08. The number of hydrogen-bond acceptors (Lipinski definition) is 4. The third kappa shape index (κ3) is 5.06. The fourth-order valence-electron chi connectivity index (χ4n) is 1.76. The monoisotopic (exact) mass is 326 g/mol. The number of carbonyl (C=O) groups is 1. The Labute approximate surface area is 139 Å². The summed E-state index contributed by atoms with van der Waals surface area (Å²) in [6.45, 7) is 0.316. The fraction of sp³-hybridized carbons (Fsp3) is 0.0588. The Morgan fingerprint density at radius 2 is 1.83 bits per heavy atom. The van der Waals surface area contributed by atoms with Gasteiger partial charge in [-0.1, -0.05) is 23.7 Å². The zero-order valence-corrected chi connectivity index (χ0v) is 13.0. The maximum absolute atomic E-state index is 12.0. The van der Waals surface area contributed by atoms with E-state index < -0.39 is 5.91 Å². The predicted octanol–water partition coefficient (Wildman–Crippen LogP) is 3.06. The van der Waals surface area contributed by atoms with Gasteiger partial charge in [0.25, 0.3) is 5.91 Å². The van der Waals surface area contributed by atoms with E-state index in [9.17, 15) is 4.79 Å². The molecule has 0 spiro atoms. The number of amides is 1. The number of nitrogen functional groups attached to an aromatic ring is 1.